The van der Waals surface area contributed by atoms with Crippen molar-refractivity contribution in [3.8, 4) is 28.1 Å². The molecule has 1 aromatic heterocycles. The number of carbonyl (C=O) groups excluding carboxylic acids is 1. The van der Waals surface area contributed by atoms with Gasteiger partial charge in [-0.3, -0.25) is 4.90 Å². The van der Waals surface area contributed by atoms with Crippen LogP contribution in [0.3, 0.4) is 0 Å². The number of nitrogens with zero attached hydrogens (tertiary/aromatic N) is 2. The SMILES string of the molecule is CC(C)(C)OC(=O)N1CCS[C@H]1c1ncc(-c2ccc(-c3ccc(OS(=O)(=O)C(F)(F)F)c4c3C3CCC4C3)cc2)[nH]1. The largest absolute Gasteiger partial charge is 0.534 e. The highest BCUT2D eigenvalue weighted by atomic mass is 32.2. The van der Waals surface area contributed by atoms with E-state index in [-0.39, 0.29) is 29.1 Å². The Labute approximate surface area is 246 Å². The number of amides is 1. The standard InChI is InChI=1S/C29H30F3N3O5S2/c1-28(2,3)39-27(36)35-12-13-41-26(35)25-33-15-21(34-25)17-6-4-16(5-7-17)20-10-11-22(40-42(37,38)29(30,31)32)24-19-9-8-18(14-19)23(20)24/h4-7,10-11,15,18-19,26H,8-9,12-14H2,1-3H3,(H,33,34)/t18?,19?,26-/m0/s1. The van der Waals surface area contributed by atoms with E-state index in [1.54, 1.807) is 28.9 Å². The van der Waals surface area contributed by atoms with E-state index in [1.165, 1.54) is 6.07 Å². The van der Waals surface area contributed by atoms with E-state index >= 15 is 0 Å². The van der Waals surface area contributed by atoms with Crippen LogP contribution in [0.5, 0.6) is 5.75 Å². The number of hydrogen-bond acceptors (Lipinski definition) is 7. The number of ether oxygens (including phenoxy) is 1. The zero-order valence-electron chi connectivity index (χ0n) is 23.2. The quantitative estimate of drug-likeness (QED) is 0.235. The first-order chi connectivity index (χ1) is 19.7. The smallest absolute Gasteiger partial charge is 0.444 e. The summed E-state index contributed by atoms with van der Waals surface area (Å²) in [6.07, 6.45) is 3.79. The highest BCUT2D eigenvalue weighted by molar-refractivity contribution is 7.99. The van der Waals surface area contributed by atoms with Crippen molar-refractivity contribution >= 4 is 28.0 Å². The number of halogens is 3. The van der Waals surface area contributed by atoms with Crippen LogP contribution in [0.25, 0.3) is 22.4 Å². The first-order valence-corrected chi connectivity index (χ1v) is 16.1. The molecule has 3 aliphatic rings. The second-order valence-electron chi connectivity index (χ2n) is 11.8. The molecule has 224 valence electrons. The van der Waals surface area contributed by atoms with Gasteiger partial charge in [-0.15, -0.1) is 11.8 Å². The number of imidazole rings is 1. The van der Waals surface area contributed by atoms with Gasteiger partial charge in [0, 0.05) is 17.9 Å². The van der Waals surface area contributed by atoms with Crippen molar-refractivity contribution in [3.63, 3.8) is 0 Å². The Kier molecular flexibility index (Phi) is 7.03. The molecule has 3 atom stereocenters. The summed E-state index contributed by atoms with van der Waals surface area (Å²) in [6.45, 7) is 6.05. The highest BCUT2D eigenvalue weighted by Crippen LogP contribution is 2.58. The predicted octanol–water partition coefficient (Wildman–Crippen LogP) is 7.32. The van der Waals surface area contributed by atoms with Gasteiger partial charge in [0.25, 0.3) is 0 Å². The molecule has 2 bridgehead atoms. The maximum absolute atomic E-state index is 13.0. The third kappa shape index (κ3) is 5.25. The van der Waals surface area contributed by atoms with Crippen molar-refractivity contribution in [3.05, 3.63) is 59.5 Å². The Bertz CT molecular complexity index is 1630. The molecule has 2 heterocycles. The number of nitrogens with one attached hydrogen (secondary N) is 1. The van der Waals surface area contributed by atoms with Gasteiger partial charge < -0.3 is 13.9 Å². The van der Waals surface area contributed by atoms with Gasteiger partial charge in [0.05, 0.1) is 11.9 Å². The number of benzene rings is 2. The van der Waals surface area contributed by atoms with Crippen molar-refractivity contribution in [1.29, 1.82) is 0 Å². The van der Waals surface area contributed by atoms with Gasteiger partial charge in [-0.1, -0.05) is 30.3 Å². The number of alkyl halides is 3. The Hall–Kier alpha value is -3.19. The molecule has 1 N–H and O–H groups in total. The molecule has 2 fully saturated rings. The van der Waals surface area contributed by atoms with E-state index in [0.29, 0.717) is 17.9 Å². The number of rotatable bonds is 5. The second kappa shape index (κ2) is 10.2. The predicted molar refractivity (Wildman–Crippen MR) is 153 cm³/mol. The van der Waals surface area contributed by atoms with Crippen LogP contribution in [0.1, 0.15) is 74.2 Å². The molecule has 13 heteroatoms. The first kappa shape index (κ1) is 28.9. The Morgan fingerprint density at radius 2 is 1.69 bits per heavy atom. The molecular formula is C29H30F3N3O5S2. The molecule has 3 aromatic rings. The number of aromatic amines is 1. The average Bonchev–Trinajstić information content (AvgIpc) is 3.71. The van der Waals surface area contributed by atoms with Crippen LogP contribution in [0.4, 0.5) is 18.0 Å². The lowest BCUT2D eigenvalue weighted by molar-refractivity contribution is -0.0500. The maximum atomic E-state index is 13.0. The number of hydrogen-bond donors (Lipinski definition) is 1. The molecule has 1 amide bonds. The summed E-state index contributed by atoms with van der Waals surface area (Å²) >= 11 is 1.61. The van der Waals surface area contributed by atoms with Crippen molar-refractivity contribution in [2.45, 2.75) is 68.4 Å². The van der Waals surface area contributed by atoms with Gasteiger partial charge >= 0.3 is 21.7 Å². The molecule has 2 unspecified atom stereocenters. The van der Waals surface area contributed by atoms with E-state index in [0.717, 1.165) is 53.0 Å². The van der Waals surface area contributed by atoms with E-state index < -0.39 is 21.2 Å². The fourth-order valence-corrected chi connectivity index (χ4v) is 7.77. The zero-order valence-corrected chi connectivity index (χ0v) is 24.8. The monoisotopic (exact) mass is 621 g/mol. The van der Waals surface area contributed by atoms with Crippen molar-refractivity contribution in [1.82, 2.24) is 14.9 Å². The topological polar surface area (TPSA) is 102 Å². The van der Waals surface area contributed by atoms with Crippen LogP contribution in [-0.2, 0) is 14.9 Å². The lowest BCUT2D eigenvalue weighted by Crippen LogP contribution is -2.36. The minimum Gasteiger partial charge on any atom is -0.444 e. The molecule has 6 rings (SSSR count). The van der Waals surface area contributed by atoms with E-state index in [2.05, 4.69) is 14.2 Å². The maximum Gasteiger partial charge on any atom is 0.534 e. The number of fused-ring (bicyclic) bond motifs is 5. The Morgan fingerprint density at radius 1 is 1.02 bits per heavy atom. The molecule has 2 aliphatic carbocycles. The summed E-state index contributed by atoms with van der Waals surface area (Å²) < 4.78 is 72.8. The van der Waals surface area contributed by atoms with Crippen LogP contribution in [-0.4, -0.2) is 52.8 Å². The summed E-state index contributed by atoms with van der Waals surface area (Å²) in [5, 5.41) is -0.284. The van der Waals surface area contributed by atoms with Gasteiger partial charge in [-0.2, -0.15) is 21.6 Å². The minimum atomic E-state index is -5.76. The third-order valence-corrected chi connectivity index (χ3v) is 10.0. The highest BCUT2D eigenvalue weighted by Gasteiger charge is 2.50. The Balaban J connectivity index is 1.25. The fourth-order valence-electron chi connectivity index (χ4n) is 6.12. The minimum absolute atomic E-state index is 0.0280. The van der Waals surface area contributed by atoms with Gasteiger partial charge in [0.15, 0.2) is 0 Å². The van der Waals surface area contributed by atoms with Crippen molar-refractivity contribution in [2.24, 2.45) is 0 Å². The zero-order chi connectivity index (χ0) is 30.0. The number of H-pyrrole nitrogens is 1. The Morgan fingerprint density at radius 3 is 2.36 bits per heavy atom. The molecule has 1 aliphatic heterocycles. The number of thioether (sulfide) groups is 1. The summed E-state index contributed by atoms with van der Waals surface area (Å²) in [4.78, 5) is 22.3. The normalized spacial score (nSPS) is 22.0. The summed E-state index contributed by atoms with van der Waals surface area (Å²) in [6, 6.07) is 10.7. The van der Waals surface area contributed by atoms with Gasteiger partial charge in [-0.25, -0.2) is 9.78 Å². The molecule has 1 saturated heterocycles. The second-order valence-corrected chi connectivity index (χ2v) is 14.5. The average molecular weight is 622 g/mol. The van der Waals surface area contributed by atoms with Crippen LogP contribution in [0.15, 0.2) is 42.6 Å². The van der Waals surface area contributed by atoms with Crippen molar-refractivity contribution in [2.75, 3.05) is 12.3 Å². The van der Waals surface area contributed by atoms with Gasteiger partial charge in [0.2, 0.25) is 0 Å². The van der Waals surface area contributed by atoms with Crippen molar-refractivity contribution < 1.29 is 35.3 Å². The summed E-state index contributed by atoms with van der Waals surface area (Å²) in [5.41, 5.74) is -1.27. The third-order valence-electron chi connectivity index (χ3n) is 7.83. The van der Waals surface area contributed by atoms with Crippen LogP contribution < -0.4 is 4.18 Å². The van der Waals surface area contributed by atoms with E-state index in [9.17, 15) is 26.4 Å². The molecule has 42 heavy (non-hydrogen) atoms. The molecule has 0 radical (unpaired) electrons. The first-order valence-electron chi connectivity index (χ1n) is 13.7. The van der Waals surface area contributed by atoms with Gasteiger partial charge in [-0.05, 0) is 80.2 Å². The van der Waals surface area contributed by atoms with Gasteiger partial charge in [0.1, 0.15) is 22.5 Å². The van der Waals surface area contributed by atoms with Crippen LogP contribution >= 0.6 is 11.8 Å². The van der Waals surface area contributed by atoms with Crippen LogP contribution in [0, 0.1) is 0 Å². The molecular weight excluding hydrogens is 591 g/mol. The van der Waals surface area contributed by atoms with E-state index in [1.807, 2.05) is 45.0 Å². The molecule has 2 aromatic carbocycles. The van der Waals surface area contributed by atoms with E-state index in [4.69, 9.17) is 4.74 Å². The summed E-state index contributed by atoms with van der Waals surface area (Å²) in [5.74, 6) is 1.31. The lowest BCUT2D eigenvalue weighted by Gasteiger charge is -2.27. The molecule has 8 nitrogen and oxygen atoms in total. The number of aromatic nitrogens is 2. The number of carbonyl (C=O) groups is 1. The fraction of sp³-hybridized carbons (Fsp3) is 0.448. The summed E-state index contributed by atoms with van der Waals surface area (Å²) in [7, 11) is -5.76. The van der Waals surface area contributed by atoms with Crippen LogP contribution in [0.2, 0.25) is 0 Å². The molecule has 1 saturated carbocycles. The molecule has 0 spiro atoms. The lowest BCUT2D eigenvalue weighted by atomic mass is 9.85.